The quantitative estimate of drug-likeness (QED) is 0.651. The van der Waals surface area contributed by atoms with E-state index < -0.39 is 11.0 Å². The molecule has 1 atom stereocenters. The van der Waals surface area contributed by atoms with E-state index in [1.807, 2.05) is 27.0 Å². The molecule has 0 unspecified atom stereocenters. The summed E-state index contributed by atoms with van der Waals surface area (Å²) in [5, 5.41) is 0. The Morgan fingerprint density at radius 3 is 2.29 bits per heavy atom. The Labute approximate surface area is 89.8 Å². The van der Waals surface area contributed by atoms with Crippen LogP contribution in [0.4, 0.5) is 0 Å². The van der Waals surface area contributed by atoms with Crippen molar-refractivity contribution in [1.82, 2.24) is 0 Å². The highest BCUT2D eigenvalue weighted by atomic mass is 32.2. The first kappa shape index (κ1) is 11.9. The number of rotatable bonds is 2. The average molecular weight is 215 g/mol. The summed E-state index contributed by atoms with van der Waals surface area (Å²) in [7, 11) is -1.07. The summed E-state index contributed by atoms with van der Waals surface area (Å²) in [4.78, 5) is 0. The molecule has 0 heterocycles. The maximum absolute atomic E-state index is 11.6. The highest BCUT2D eigenvalue weighted by molar-refractivity contribution is 7.85. The monoisotopic (exact) mass is 215 g/mol. The van der Waals surface area contributed by atoms with Gasteiger partial charge in [0.2, 0.25) is 0 Å². The SMILES string of the molecule is CC(C)(C)[S@@](=O)/N=C\C1CCCCC1. The lowest BCUT2D eigenvalue weighted by Gasteiger charge is -2.18. The molecule has 0 radical (unpaired) electrons. The fourth-order valence-corrected chi connectivity index (χ4v) is 2.18. The minimum Gasteiger partial charge on any atom is -0.234 e. The molecule has 0 amide bonds. The first-order chi connectivity index (χ1) is 6.50. The fourth-order valence-electron chi connectivity index (χ4n) is 1.58. The molecule has 1 saturated carbocycles. The summed E-state index contributed by atoms with van der Waals surface area (Å²) in [6, 6.07) is 0. The molecular formula is C11H21NOS. The van der Waals surface area contributed by atoms with Gasteiger partial charge in [-0.05, 0) is 39.5 Å². The van der Waals surface area contributed by atoms with Crippen LogP contribution in [0.3, 0.4) is 0 Å². The molecule has 1 aliphatic rings. The lowest BCUT2D eigenvalue weighted by Crippen LogP contribution is -2.20. The van der Waals surface area contributed by atoms with E-state index in [0.29, 0.717) is 5.92 Å². The van der Waals surface area contributed by atoms with E-state index in [9.17, 15) is 4.21 Å². The molecule has 82 valence electrons. The van der Waals surface area contributed by atoms with Crippen LogP contribution in [0.1, 0.15) is 52.9 Å². The fraction of sp³-hybridized carbons (Fsp3) is 0.909. The van der Waals surface area contributed by atoms with Crippen LogP contribution in [0.5, 0.6) is 0 Å². The van der Waals surface area contributed by atoms with Crippen LogP contribution in [0.15, 0.2) is 4.40 Å². The zero-order valence-corrected chi connectivity index (χ0v) is 10.3. The third-order valence-corrected chi connectivity index (χ3v) is 3.90. The maximum Gasteiger partial charge on any atom is 0.144 e. The molecule has 0 aromatic rings. The van der Waals surface area contributed by atoms with Crippen molar-refractivity contribution < 1.29 is 4.21 Å². The van der Waals surface area contributed by atoms with Crippen molar-refractivity contribution in [2.45, 2.75) is 57.6 Å². The second kappa shape index (κ2) is 5.06. The number of hydrogen-bond donors (Lipinski definition) is 0. The molecule has 0 N–H and O–H groups in total. The van der Waals surface area contributed by atoms with Crippen LogP contribution < -0.4 is 0 Å². The van der Waals surface area contributed by atoms with Crippen LogP contribution in [0, 0.1) is 5.92 Å². The molecule has 1 rings (SSSR count). The zero-order valence-electron chi connectivity index (χ0n) is 9.45. The van der Waals surface area contributed by atoms with Gasteiger partial charge in [-0.3, -0.25) is 0 Å². The smallest absolute Gasteiger partial charge is 0.144 e. The van der Waals surface area contributed by atoms with E-state index in [2.05, 4.69) is 4.40 Å². The van der Waals surface area contributed by atoms with Gasteiger partial charge in [0.15, 0.2) is 0 Å². The molecule has 0 bridgehead atoms. The molecule has 0 aromatic heterocycles. The summed E-state index contributed by atoms with van der Waals surface area (Å²) >= 11 is 0. The third kappa shape index (κ3) is 3.91. The topological polar surface area (TPSA) is 29.4 Å². The molecule has 0 aromatic carbocycles. The van der Waals surface area contributed by atoms with Crippen LogP contribution in [0.2, 0.25) is 0 Å². The third-order valence-electron chi connectivity index (χ3n) is 2.54. The van der Waals surface area contributed by atoms with Gasteiger partial charge in [0.25, 0.3) is 0 Å². The van der Waals surface area contributed by atoms with E-state index >= 15 is 0 Å². The zero-order chi connectivity index (χ0) is 10.6. The molecule has 3 heteroatoms. The van der Waals surface area contributed by atoms with Crippen LogP contribution in [-0.2, 0) is 11.0 Å². The van der Waals surface area contributed by atoms with Crippen molar-refractivity contribution >= 4 is 17.2 Å². The van der Waals surface area contributed by atoms with Crippen LogP contribution in [-0.4, -0.2) is 15.2 Å². The number of nitrogens with zero attached hydrogens (tertiary/aromatic N) is 1. The summed E-state index contributed by atoms with van der Waals surface area (Å²) in [5.74, 6) is 0.579. The Bertz CT molecular complexity index is 224. The molecule has 0 saturated heterocycles. The van der Waals surface area contributed by atoms with E-state index in [1.165, 1.54) is 32.1 Å². The minimum atomic E-state index is -1.07. The van der Waals surface area contributed by atoms with Gasteiger partial charge in [0.1, 0.15) is 11.0 Å². The lowest BCUT2D eigenvalue weighted by molar-refractivity contribution is 0.445. The molecule has 14 heavy (non-hydrogen) atoms. The Balaban J connectivity index is 2.42. The Kier molecular flexibility index (Phi) is 4.30. The molecular weight excluding hydrogens is 194 g/mol. The highest BCUT2D eigenvalue weighted by Gasteiger charge is 2.19. The predicted molar refractivity (Wildman–Crippen MR) is 63.0 cm³/mol. The van der Waals surface area contributed by atoms with Crippen molar-refractivity contribution in [2.75, 3.05) is 0 Å². The maximum atomic E-state index is 11.6. The van der Waals surface area contributed by atoms with Gasteiger partial charge in [-0.2, -0.15) is 4.40 Å². The van der Waals surface area contributed by atoms with Crippen molar-refractivity contribution in [1.29, 1.82) is 0 Å². The molecule has 0 spiro atoms. The summed E-state index contributed by atoms with van der Waals surface area (Å²) in [6.07, 6.45) is 8.35. The Hall–Kier alpha value is -0.180. The molecule has 1 fully saturated rings. The molecule has 1 aliphatic carbocycles. The van der Waals surface area contributed by atoms with Crippen LogP contribution >= 0.6 is 0 Å². The second-order valence-electron chi connectivity index (χ2n) is 5.01. The summed E-state index contributed by atoms with van der Waals surface area (Å²) in [5.41, 5.74) is 0. The van der Waals surface area contributed by atoms with Crippen molar-refractivity contribution in [3.05, 3.63) is 0 Å². The van der Waals surface area contributed by atoms with Gasteiger partial charge in [0, 0.05) is 6.21 Å². The number of hydrogen-bond acceptors (Lipinski definition) is 1. The first-order valence-electron chi connectivity index (χ1n) is 5.46. The van der Waals surface area contributed by atoms with Crippen molar-refractivity contribution in [2.24, 2.45) is 10.3 Å². The normalized spacial score (nSPS) is 22.8. The predicted octanol–water partition coefficient (Wildman–Crippen LogP) is 3.10. The van der Waals surface area contributed by atoms with Crippen molar-refractivity contribution in [3.8, 4) is 0 Å². The Morgan fingerprint density at radius 1 is 1.21 bits per heavy atom. The van der Waals surface area contributed by atoms with E-state index in [1.54, 1.807) is 0 Å². The van der Waals surface area contributed by atoms with Crippen LogP contribution in [0.25, 0.3) is 0 Å². The summed E-state index contributed by atoms with van der Waals surface area (Å²) < 4.78 is 15.6. The average Bonchev–Trinajstić information content (AvgIpc) is 2.14. The molecule has 0 aliphatic heterocycles. The first-order valence-corrected chi connectivity index (χ1v) is 6.57. The minimum absolute atomic E-state index is 0.217. The van der Waals surface area contributed by atoms with Gasteiger partial charge >= 0.3 is 0 Å². The van der Waals surface area contributed by atoms with Gasteiger partial charge in [-0.15, -0.1) is 0 Å². The van der Waals surface area contributed by atoms with E-state index in [-0.39, 0.29) is 4.75 Å². The Morgan fingerprint density at radius 2 is 1.79 bits per heavy atom. The molecule has 2 nitrogen and oxygen atoms in total. The van der Waals surface area contributed by atoms with Crippen molar-refractivity contribution in [3.63, 3.8) is 0 Å². The second-order valence-corrected chi connectivity index (χ2v) is 6.95. The largest absolute Gasteiger partial charge is 0.234 e. The standard InChI is InChI=1S/C11H21NOS/c1-11(2,3)14(13)12-9-10-7-5-4-6-8-10/h9-10H,4-8H2,1-3H3/b12-9-/t14-/m1/s1. The van der Waals surface area contributed by atoms with Gasteiger partial charge in [-0.25, -0.2) is 4.21 Å². The lowest BCUT2D eigenvalue weighted by atomic mass is 9.90. The van der Waals surface area contributed by atoms with Gasteiger partial charge in [-0.1, -0.05) is 19.3 Å². The van der Waals surface area contributed by atoms with Gasteiger partial charge in [0.05, 0.1) is 4.75 Å². The van der Waals surface area contributed by atoms with E-state index in [4.69, 9.17) is 0 Å². The summed E-state index contributed by atoms with van der Waals surface area (Å²) in [6.45, 7) is 5.88. The highest BCUT2D eigenvalue weighted by Crippen LogP contribution is 2.22. The van der Waals surface area contributed by atoms with Gasteiger partial charge < -0.3 is 0 Å². The van der Waals surface area contributed by atoms with E-state index in [0.717, 1.165) is 0 Å².